The quantitative estimate of drug-likeness (QED) is 0.844. The van der Waals surface area contributed by atoms with Crippen molar-refractivity contribution in [1.29, 1.82) is 0 Å². The van der Waals surface area contributed by atoms with Gasteiger partial charge in [-0.05, 0) is 67.6 Å². The van der Waals surface area contributed by atoms with Crippen LogP contribution in [0, 0.1) is 30.5 Å². The molecule has 0 spiro atoms. The minimum absolute atomic E-state index is 0.195. The number of benzene rings is 1. The lowest BCUT2D eigenvalue weighted by molar-refractivity contribution is 0.0667. The first kappa shape index (κ1) is 14.5. The molecule has 0 bridgehead atoms. The van der Waals surface area contributed by atoms with E-state index >= 15 is 0 Å². The number of rotatable bonds is 3. The van der Waals surface area contributed by atoms with Gasteiger partial charge < -0.3 is 5.11 Å². The first-order valence-corrected chi connectivity index (χ1v) is 7.43. The molecule has 1 aliphatic rings. The van der Waals surface area contributed by atoms with E-state index in [9.17, 15) is 9.50 Å². The maximum atomic E-state index is 13.3. The Morgan fingerprint density at radius 2 is 1.68 bits per heavy atom. The van der Waals surface area contributed by atoms with Gasteiger partial charge >= 0.3 is 0 Å². The Bertz CT molecular complexity index is 419. The molecule has 1 aromatic carbocycles. The third-order valence-electron chi connectivity index (χ3n) is 4.73. The van der Waals surface area contributed by atoms with Crippen molar-refractivity contribution in [2.24, 2.45) is 17.8 Å². The van der Waals surface area contributed by atoms with Crippen LogP contribution < -0.4 is 0 Å². The fraction of sp³-hybridized carbons (Fsp3) is 0.647. The van der Waals surface area contributed by atoms with E-state index in [1.165, 1.54) is 18.9 Å². The number of aryl methyl sites for hydroxylation is 1. The summed E-state index contributed by atoms with van der Waals surface area (Å²) in [6.07, 6.45) is 4.15. The molecule has 19 heavy (non-hydrogen) atoms. The van der Waals surface area contributed by atoms with Crippen molar-refractivity contribution >= 4 is 0 Å². The summed E-state index contributed by atoms with van der Waals surface area (Å²) in [5, 5.41) is 10.5. The van der Waals surface area contributed by atoms with Crippen LogP contribution in [0.15, 0.2) is 18.2 Å². The monoisotopic (exact) mass is 264 g/mol. The molecule has 0 radical (unpaired) electrons. The third kappa shape index (κ3) is 3.36. The SMILES string of the molecule is Cc1cc(C(O)C2CCC(C(C)C)CC2)ccc1F. The number of aliphatic hydroxyl groups is 1. The zero-order valence-electron chi connectivity index (χ0n) is 12.2. The predicted octanol–water partition coefficient (Wildman–Crippen LogP) is 4.63. The molecule has 0 amide bonds. The third-order valence-corrected chi connectivity index (χ3v) is 4.73. The smallest absolute Gasteiger partial charge is 0.126 e. The molecule has 0 aromatic heterocycles. The van der Waals surface area contributed by atoms with Gasteiger partial charge in [-0.1, -0.05) is 26.0 Å². The fourth-order valence-corrected chi connectivity index (χ4v) is 3.25. The van der Waals surface area contributed by atoms with Crippen LogP contribution in [0.25, 0.3) is 0 Å². The molecule has 1 aromatic rings. The molecule has 0 saturated heterocycles. The number of aliphatic hydroxyl groups excluding tert-OH is 1. The highest BCUT2D eigenvalue weighted by molar-refractivity contribution is 5.26. The van der Waals surface area contributed by atoms with Crippen molar-refractivity contribution in [2.45, 2.75) is 52.6 Å². The zero-order valence-corrected chi connectivity index (χ0v) is 12.2. The fourth-order valence-electron chi connectivity index (χ4n) is 3.25. The first-order valence-electron chi connectivity index (χ1n) is 7.43. The molecule has 1 nitrogen and oxygen atoms in total. The molecule has 2 rings (SSSR count). The van der Waals surface area contributed by atoms with E-state index in [4.69, 9.17) is 0 Å². The van der Waals surface area contributed by atoms with Gasteiger partial charge in [0.05, 0.1) is 6.10 Å². The summed E-state index contributed by atoms with van der Waals surface area (Å²) >= 11 is 0. The molecule has 1 atom stereocenters. The minimum atomic E-state index is -0.438. The maximum Gasteiger partial charge on any atom is 0.126 e. The Balaban J connectivity index is 2.01. The number of hydrogen-bond acceptors (Lipinski definition) is 1. The highest BCUT2D eigenvalue weighted by Gasteiger charge is 2.28. The van der Waals surface area contributed by atoms with Crippen molar-refractivity contribution in [3.8, 4) is 0 Å². The molecule has 0 heterocycles. The maximum absolute atomic E-state index is 13.3. The lowest BCUT2D eigenvalue weighted by Gasteiger charge is -2.33. The lowest BCUT2D eigenvalue weighted by atomic mass is 9.74. The van der Waals surface area contributed by atoms with Crippen molar-refractivity contribution in [3.63, 3.8) is 0 Å². The van der Waals surface area contributed by atoms with Gasteiger partial charge in [-0.15, -0.1) is 0 Å². The normalized spacial score (nSPS) is 25.6. The Morgan fingerprint density at radius 1 is 1.11 bits per heavy atom. The highest BCUT2D eigenvalue weighted by atomic mass is 19.1. The van der Waals surface area contributed by atoms with Gasteiger partial charge in [0.25, 0.3) is 0 Å². The first-order chi connectivity index (χ1) is 8.99. The zero-order chi connectivity index (χ0) is 14.0. The summed E-state index contributed by atoms with van der Waals surface area (Å²) in [6, 6.07) is 4.98. The molecular weight excluding hydrogens is 239 g/mol. The average Bonchev–Trinajstić information content (AvgIpc) is 2.41. The Morgan fingerprint density at radius 3 is 2.21 bits per heavy atom. The van der Waals surface area contributed by atoms with Crippen LogP contribution in [0.5, 0.6) is 0 Å². The van der Waals surface area contributed by atoms with Crippen LogP contribution in [0.2, 0.25) is 0 Å². The van der Waals surface area contributed by atoms with Gasteiger partial charge in [0.1, 0.15) is 5.82 Å². The topological polar surface area (TPSA) is 20.2 Å². The van der Waals surface area contributed by atoms with Gasteiger partial charge in [0.15, 0.2) is 0 Å². The van der Waals surface area contributed by atoms with Crippen molar-refractivity contribution in [2.75, 3.05) is 0 Å². The molecule has 1 aliphatic carbocycles. The summed E-state index contributed by atoms with van der Waals surface area (Å²) in [5.41, 5.74) is 1.49. The second-order valence-electron chi connectivity index (χ2n) is 6.37. The Kier molecular flexibility index (Phi) is 4.62. The van der Waals surface area contributed by atoms with Gasteiger partial charge in [-0.3, -0.25) is 0 Å². The second-order valence-corrected chi connectivity index (χ2v) is 6.37. The predicted molar refractivity (Wildman–Crippen MR) is 76.4 cm³/mol. The van der Waals surface area contributed by atoms with Gasteiger partial charge in [0.2, 0.25) is 0 Å². The van der Waals surface area contributed by atoms with Crippen LogP contribution in [0.1, 0.15) is 56.8 Å². The average molecular weight is 264 g/mol. The molecule has 1 fully saturated rings. The van der Waals surface area contributed by atoms with Crippen LogP contribution in [-0.2, 0) is 0 Å². The van der Waals surface area contributed by atoms with E-state index in [0.717, 1.165) is 30.2 Å². The van der Waals surface area contributed by atoms with E-state index in [2.05, 4.69) is 13.8 Å². The van der Waals surface area contributed by atoms with Crippen molar-refractivity contribution in [3.05, 3.63) is 35.1 Å². The van der Waals surface area contributed by atoms with E-state index in [1.807, 2.05) is 0 Å². The summed E-state index contributed by atoms with van der Waals surface area (Å²) in [5.74, 6) is 1.68. The molecular formula is C17H25FO. The summed E-state index contributed by atoms with van der Waals surface area (Å²) < 4.78 is 13.3. The highest BCUT2D eigenvalue weighted by Crippen LogP contribution is 2.39. The lowest BCUT2D eigenvalue weighted by Crippen LogP contribution is -2.23. The Hall–Kier alpha value is -0.890. The van der Waals surface area contributed by atoms with Crippen LogP contribution in [0.3, 0.4) is 0 Å². The number of hydrogen-bond donors (Lipinski definition) is 1. The van der Waals surface area contributed by atoms with E-state index in [0.29, 0.717) is 11.5 Å². The van der Waals surface area contributed by atoms with Crippen LogP contribution in [0.4, 0.5) is 4.39 Å². The van der Waals surface area contributed by atoms with Gasteiger partial charge in [-0.25, -0.2) is 4.39 Å². The minimum Gasteiger partial charge on any atom is -0.388 e. The van der Waals surface area contributed by atoms with Gasteiger partial charge in [0, 0.05) is 0 Å². The summed E-state index contributed by atoms with van der Waals surface area (Å²) in [6.45, 7) is 6.32. The summed E-state index contributed by atoms with van der Waals surface area (Å²) in [4.78, 5) is 0. The standard InChI is InChI=1S/C17H25FO/c1-11(2)13-4-6-14(7-5-13)17(19)15-8-9-16(18)12(3)10-15/h8-11,13-14,17,19H,4-7H2,1-3H3. The summed E-state index contributed by atoms with van der Waals surface area (Å²) in [7, 11) is 0. The molecule has 1 saturated carbocycles. The number of halogens is 1. The Labute approximate surface area is 115 Å². The van der Waals surface area contributed by atoms with Crippen LogP contribution in [-0.4, -0.2) is 5.11 Å². The van der Waals surface area contributed by atoms with Gasteiger partial charge in [-0.2, -0.15) is 0 Å². The van der Waals surface area contributed by atoms with E-state index < -0.39 is 6.10 Å². The van der Waals surface area contributed by atoms with E-state index in [1.54, 1.807) is 19.1 Å². The molecule has 1 N–H and O–H groups in total. The van der Waals surface area contributed by atoms with Crippen molar-refractivity contribution < 1.29 is 9.50 Å². The largest absolute Gasteiger partial charge is 0.388 e. The molecule has 0 aliphatic heterocycles. The van der Waals surface area contributed by atoms with E-state index in [-0.39, 0.29) is 5.82 Å². The van der Waals surface area contributed by atoms with Crippen molar-refractivity contribution in [1.82, 2.24) is 0 Å². The van der Waals surface area contributed by atoms with Crippen LogP contribution >= 0.6 is 0 Å². The molecule has 2 heteroatoms. The second kappa shape index (κ2) is 6.04. The molecule has 106 valence electrons. The molecule has 1 unspecified atom stereocenters.